The van der Waals surface area contributed by atoms with Crippen molar-refractivity contribution in [2.24, 2.45) is 0 Å². The fraction of sp³-hybridized carbons (Fsp3) is 0.500. The smallest absolute Gasteiger partial charge is 0.230 e. The van der Waals surface area contributed by atoms with Gasteiger partial charge in [0.1, 0.15) is 0 Å². The van der Waals surface area contributed by atoms with Crippen LogP contribution in [0.15, 0.2) is 24.3 Å². The molecule has 1 saturated carbocycles. The lowest BCUT2D eigenvalue weighted by Crippen LogP contribution is -2.50. The number of rotatable bonds is 3. The van der Waals surface area contributed by atoms with Crippen LogP contribution in [-0.4, -0.2) is 36.3 Å². The van der Waals surface area contributed by atoms with Crippen molar-refractivity contribution in [1.29, 1.82) is 0 Å². The maximum Gasteiger partial charge on any atom is 0.230 e. The first-order valence-corrected chi connectivity index (χ1v) is 7.70. The number of hydrogen-bond donors (Lipinski definition) is 1. The molecule has 1 aliphatic heterocycles. The number of nitrogens with zero attached hydrogens (tertiary/aromatic N) is 1. The molecule has 1 saturated heterocycles. The molecule has 0 spiro atoms. The highest BCUT2D eigenvalue weighted by Crippen LogP contribution is 2.48. The normalized spacial score (nSPS) is 23.8. The van der Waals surface area contributed by atoms with Crippen molar-refractivity contribution in [2.45, 2.75) is 37.1 Å². The van der Waals surface area contributed by atoms with Crippen LogP contribution in [-0.2, 0) is 15.0 Å². The molecule has 0 radical (unpaired) electrons. The lowest BCUT2D eigenvalue weighted by atomic mass is 9.94. The topological polar surface area (TPSA) is 49.4 Å². The van der Waals surface area contributed by atoms with Crippen LogP contribution in [0.3, 0.4) is 0 Å². The number of amides is 2. The zero-order chi connectivity index (χ0) is 15.0. The summed E-state index contributed by atoms with van der Waals surface area (Å²) >= 11 is 5.91. The summed E-state index contributed by atoms with van der Waals surface area (Å²) in [4.78, 5) is 25.8. The van der Waals surface area contributed by atoms with Crippen LogP contribution in [0.1, 0.15) is 31.2 Å². The van der Waals surface area contributed by atoms with Gasteiger partial charge in [0.05, 0.1) is 5.41 Å². The average molecular weight is 307 g/mol. The Morgan fingerprint density at radius 1 is 1.33 bits per heavy atom. The Balaban J connectivity index is 1.68. The van der Waals surface area contributed by atoms with Gasteiger partial charge in [0.15, 0.2) is 0 Å². The van der Waals surface area contributed by atoms with Gasteiger partial charge in [-0.05, 0) is 37.0 Å². The van der Waals surface area contributed by atoms with Crippen LogP contribution in [0.5, 0.6) is 0 Å². The number of carbonyl (C=O) groups is 2. The van der Waals surface area contributed by atoms with E-state index < -0.39 is 0 Å². The Morgan fingerprint density at radius 2 is 2.00 bits per heavy atom. The molecule has 1 heterocycles. The Labute approximate surface area is 129 Å². The molecule has 2 amide bonds. The molecule has 2 fully saturated rings. The molecule has 5 heteroatoms. The number of halogens is 1. The quantitative estimate of drug-likeness (QED) is 0.930. The van der Waals surface area contributed by atoms with Crippen LogP contribution in [0.2, 0.25) is 5.02 Å². The SMILES string of the molecule is CN1CC(NC(=O)C2(c3ccc(Cl)cc3)CC2)CCC1=O. The van der Waals surface area contributed by atoms with E-state index in [0.717, 1.165) is 24.8 Å². The summed E-state index contributed by atoms with van der Waals surface area (Å²) in [5.74, 6) is 0.233. The van der Waals surface area contributed by atoms with Gasteiger partial charge in [-0.15, -0.1) is 0 Å². The van der Waals surface area contributed by atoms with Crippen LogP contribution in [0.4, 0.5) is 0 Å². The Hall–Kier alpha value is -1.55. The van der Waals surface area contributed by atoms with E-state index in [-0.39, 0.29) is 23.3 Å². The lowest BCUT2D eigenvalue weighted by Gasteiger charge is -2.31. The van der Waals surface area contributed by atoms with Gasteiger partial charge in [-0.2, -0.15) is 0 Å². The van der Waals surface area contributed by atoms with E-state index in [1.807, 2.05) is 24.3 Å². The summed E-state index contributed by atoms with van der Waals surface area (Å²) in [5, 5.41) is 3.80. The summed E-state index contributed by atoms with van der Waals surface area (Å²) in [6.07, 6.45) is 2.99. The standard InChI is InChI=1S/C16H19ClN2O2/c1-19-10-13(6-7-14(19)20)18-15(21)16(8-9-16)11-2-4-12(17)5-3-11/h2-5,13H,6-10H2,1H3,(H,18,21). The second-order valence-corrected chi connectivity index (χ2v) is 6.51. The van der Waals surface area contributed by atoms with E-state index in [1.165, 1.54) is 0 Å². The van der Waals surface area contributed by atoms with Crippen molar-refractivity contribution in [1.82, 2.24) is 10.2 Å². The highest BCUT2D eigenvalue weighted by Gasteiger charge is 2.51. The lowest BCUT2D eigenvalue weighted by molar-refractivity contribution is -0.134. The fourth-order valence-electron chi connectivity index (χ4n) is 2.99. The van der Waals surface area contributed by atoms with E-state index in [0.29, 0.717) is 18.0 Å². The first-order chi connectivity index (χ1) is 10.0. The first-order valence-electron chi connectivity index (χ1n) is 7.32. The maximum atomic E-state index is 12.6. The molecular weight excluding hydrogens is 288 g/mol. The van der Waals surface area contributed by atoms with E-state index in [9.17, 15) is 9.59 Å². The molecule has 0 bridgehead atoms. The number of piperidine rings is 1. The van der Waals surface area contributed by atoms with Gasteiger partial charge in [-0.1, -0.05) is 23.7 Å². The summed E-state index contributed by atoms with van der Waals surface area (Å²) in [6.45, 7) is 0.598. The van der Waals surface area contributed by atoms with Crippen LogP contribution in [0, 0.1) is 0 Å². The fourth-order valence-corrected chi connectivity index (χ4v) is 3.12. The Kier molecular flexibility index (Phi) is 3.66. The van der Waals surface area contributed by atoms with Gasteiger partial charge in [0.2, 0.25) is 11.8 Å². The zero-order valence-electron chi connectivity index (χ0n) is 12.1. The molecule has 112 valence electrons. The molecule has 3 rings (SSSR count). The van der Waals surface area contributed by atoms with Crippen molar-refractivity contribution < 1.29 is 9.59 Å². The van der Waals surface area contributed by atoms with Crippen molar-refractivity contribution >= 4 is 23.4 Å². The third-order valence-electron chi connectivity index (χ3n) is 4.54. The molecule has 21 heavy (non-hydrogen) atoms. The van der Waals surface area contributed by atoms with E-state index in [4.69, 9.17) is 11.6 Å². The highest BCUT2D eigenvalue weighted by atomic mass is 35.5. The molecule has 1 aliphatic carbocycles. The molecule has 1 atom stereocenters. The van der Waals surface area contributed by atoms with Gasteiger partial charge >= 0.3 is 0 Å². The number of likely N-dealkylation sites (N-methyl/N-ethyl adjacent to an activating group) is 1. The van der Waals surface area contributed by atoms with Gasteiger partial charge in [-0.25, -0.2) is 0 Å². The number of likely N-dealkylation sites (tertiary alicyclic amines) is 1. The minimum atomic E-state index is -0.384. The first kappa shape index (κ1) is 14.4. The highest BCUT2D eigenvalue weighted by molar-refractivity contribution is 6.30. The third kappa shape index (κ3) is 2.77. The average Bonchev–Trinajstić information content (AvgIpc) is 3.25. The minimum absolute atomic E-state index is 0.0602. The van der Waals surface area contributed by atoms with E-state index in [1.54, 1.807) is 11.9 Å². The van der Waals surface area contributed by atoms with Crippen molar-refractivity contribution in [3.05, 3.63) is 34.9 Å². The second-order valence-electron chi connectivity index (χ2n) is 6.07. The number of hydrogen-bond acceptors (Lipinski definition) is 2. The molecule has 1 aromatic carbocycles. The van der Waals surface area contributed by atoms with Crippen molar-refractivity contribution in [3.63, 3.8) is 0 Å². The van der Waals surface area contributed by atoms with Gasteiger partial charge < -0.3 is 10.2 Å². The van der Waals surface area contributed by atoms with Crippen LogP contribution < -0.4 is 5.32 Å². The minimum Gasteiger partial charge on any atom is -0.351 e. The molecular formula is C16H19ClN2O2. The Morgan fingerprint density at radius 3 is 2.57 bits per heavy atom. The molecule has 4 nitrogen and oxygen atoms in total. The number of carbonyl (C=O) groups excluding carboxylic acids is 2. The van der Waals surface area contributed by atoms with E-state index >= 15 is 0 Å². The predicted octanol–water partition coefficient (Wildman–Crippen LogP) is 2.11. The molecule has 1 aromatic rings. The predicted molar refractivity (Wildman–Crippen MR) is 81.2 cm³/mol. The molecule has 1 unspecified atom stereocenters. The number of nitrogens with one attached hydrogen (secondary N) is 1. The molecule has 1 N–H and O–H groups in total. The second kappa shape index (κ2) is 5.34. The summed E-state index contributed by atoms with van der Waals surface area (Å²) in [5.41, 5.74) is 0.648. The zero-order valence-corrected chi connectivity index (χ0v) is 12.8. The van der Waals surface area contributed by atoms with Gasteiger partial charge in [0.25, 0.3) is 0 Å². The van der Waals surface area contributed by atoms with Crippen molar-refractivity contribution in [3.8, 4) is 0 Å². The van der Waals surface area contributed by atoms with Gasteiger partial charge in [-0.3, -0.25) is 9.59 Å². The molecule has 0 aromatic heterocycles. The summed E-state index contributed by atoms with van der Waals surface area (Å²) in [7, 11) is 1.78. The number of benzene rings is 1. The third-order valence-corrected chi connectivity index (χ3v) is 4.80. The van der Waals surface area contributed by atoms with Crippen LogP contribution >= 0.6 is 11.6 Å². The van der Waals surface area contributed by atoms with Crippen molar-refractivity contribution in [2.75, 3.05) is 13.6 Å². The Bertz CT molecular complexity index is 566. The molecule has 2 aliphatic rings. The van der Waals surface area contributed by atoms with Gasteiger partial charge in [0, 0.05) is 31.1 Å². The summed E-state index contributed by atoms with van der Waals surface area (Å²) < 4.78 is 0. The van der Waals surface area contributed by atoms with E-state index in [2.05, 4.69) is 5.32 Å². The monoisotopic (exact) mass is 306 g/mol. The largest absolute Gasteiger partial charge is 0.351 e. The maximum absolute atomic E-state index is 12.6. The summed E-state index contributed by atoms with van der Waals surface area (Å²) in [6, 6.07) is 7.59. The van der Waals surface area contributed by atoms with Crippen LogP contribution in [0.25, 0.3) is 0 Å².